The molecule has 292 valence electrons. The molecule has 0 bridgehead atoms. The van der Waals surface area contributed by atoms with Crippen LogP contribution in [-0.4, -0.2) is 10.9 Å². The monoisotopic (exact) mass is 790 g/mol. The Kier molecular flexibility index (Phi) is 8.67. The Labute approximate surface area is 363 Å². The van der Waals surface area contributed by atoms with Crippen LogP contribution in [0.4, 0.5) is 17.1 Å². The lowest BCUT2D eigenvalue weighted by Crippen LogP contribution is -2.30. The molecule has 0 saturated carbocycles. The Morgan fingerprint density at radius 2 is 0.903 bits per heavy atom. The largest absolute Gasteiger partial charge is 0.339 e. The van der Waals surface area contributed by atoms with E-state index in [1.54, 1.807) is 0 Å². The van der Waals surface area contributed by atoms with Crippen LogP contribution in [0.15, 0.2) is 242 Å². The van der Waals surface area contributed by atoms with Gasteiger partial charge in [0, 0.05) is 34.9 Å². The van der Waals surface area contributed by atoms with Crippen LogP contribution in [0.1, 0.15) is 28.2 Å². The van der Waals surface area contributed by atoms with Gasteiger partial charge in [0.2, 0.25) is 0 Å². The Morgan fingerprint density at radius 1 is 0.387 bits per heavy atom. The Morgan fingerprint density at radius 3 is 1.52 bits per heavy atom. The average molecular weight is 791 g/mol. The van der Waals surface area contributed by atoms with Crippen molar-refractivity contribution in [3.63, 3.8) is 0 Å². The molecule has 2 unspecified atom stereocenters. The highest BCUT2D eigenvalue weighted by atomic mass is 15.2. The van der Waals surface area contributed by atoms with E-state index in [9.17, 15) is 0 Å². The van der Waals surface area contributed by atoms with Crippen molar-refractivity contribution in [1.82, 2.24) is 4.90 Å². The SMILES string of the molecule is C1=CC2=C(c3ccccc3)C3c4ccccc4C=CC3N2C=C1c1ccc(N(c2ccc(-c3cccc4ccccc34)cc2)c2ccc(-c3cccc4ccccc34)cc2)cc1. The molecule has 0 saturated heterocycles. The highest BCUT2D eigenvalue weighted by Crippen LogP contribution is 2.52. The summed E-state index contributed by atoms with van der Waals surface area (Å²) in [4.78, 5) is 4.88. The summed E-state index contributed by atoms with van der Waals surface area (Å²) in [5.41, 5.74) is 17.2. The van der Waals surface area contributed by atoms with Gasteiger partial charge in [-0.25, -0.2) is 0 Å². The van der Waals surface area contributed by atoms with Gasteiger partial charge in [-0.2, -0.15) is 0 Å². The van der Waals surface area contributed by atoms with Crippen LogP contribution in [0.5, 0.6) is 0 Å². The number of allylic oxidation sites excluding steroid dienone is 3. The fraction of sp³-hybridized carbons (Fsp3) is 0.0333. The van der Waals surface area contributed by atoms with Gasteiger partial charge in [-0.1, -0.05) is 194 Å². The zero-order valence-electron chi connectivity index (χ0n) is 34.1. The first-order valence-corrected chi connectivity index (χ1v) is 21.6. The molecule has 0 radical (unpaired) electrons. The topological polar surface area (TPSA) is 6.48 Å². The molecule has 9 aromatic rings. The fourth-order valence-corrected chi connectivity index (χ4v) is 10.1. The second-order valence-electron chi connectivity index (χ2n) is 16.5. The van der Waals surface area contributed by atoms with Gasteiger partial charge in [0.1, 0.15) is 0 Å². The van der Waals surface area contributed by atoms with Crippen molar-refractivity contribution in [3.8, 4) is 22.3 Å². The molecular formula is C60H42N2. The van der Waals surface area contributed by atoms with Crippen molar-refractivity contribution in [2.45, 2.75) is 12.0 Å². The van der Waals surface area contributed by atoms with E-state index < -0.39 is 0 Å². The van der Waals surface area contributed by atoms with Gasteiger partial charge in [-0.15, -0.1) is 0 Å². The average Bonchev–Trinajstić information content (AvgIpc) is 3.69. The molecule has 2 nitrogen and oxygen atoms in total. The van der Waals surface area contributed by atoms with Crippen LogP contribution >= 0.6 is 0 Å². The Balaban J connectivity index is 0.914. The van der Waals surface area contributed by atoms with Crippen molar-refractivity contribution in [1.29, 1.82) is 0 Å². The molecule has 3 aliphatic rings. The second kappa shape index (κ2) is 15.0. The number of hydrogen-bond acceptors (Lipinski definition) is 2. The number of rotatable bonds is 7. The minimum atomic E-state index is 0.207. The number of anilines is 3. The number of fused-ring (bicyclic) bond motifs is 7. The van der Waals surface area contributed by atoms with Gasteiger partial charge in [-0.3, -0.25) is 0 Å². The molecule has 0 aromatic heterocycles. The van der Waals surface area contributed by atoms with E-state index in [0.29, 0.717) is 0 Å². The van der Waals surface area contributed by atoms with Crippen molar-refractivity contribution in [2.24, 2.45) is 0 Å². The highest BCUT2D eigenvalue weighted by Gasteiger charge is 2.42. The van der Waals surface area contributed by atoms with E-state index >= 15 is 0 Å². The molecule has 62 heavy (non-hydrogen) atoms. The van der Waals surface area contributed by atoms with Crippen LogP contribution in [-0.2, 0) is 0 Å². The molecule has 9 aromatic carbocycles. The fourth-order valence-electron chi connectivity index (χ4n) is 10.1. The number of hydrogen-bond donors (Lipinski definition) is 0. The van der Waals surface area contributed by atoms with Crippen LogP contribution in [0.3, 0.4) is 0 Å². The first-order chi connectivity index (χ1) is 30.7. The second-order valence-corrected chi connectivity index (χ2v) is 16.5. The molecule has 0 fully saturated rings. The zero-order chi connectivity index (χ0) is 41.0. The van der Waals surface area contributed by atoms with E-state index in [-0.39, 0.29) is 12.0 Å². The summed E-state index contributed by atoms with van der Waals surface area (Å²) >= 11 is 0. The predicted octanol–water partition coefficient (Wildman–Crippen LogP) is 15.6. The summed E-state index contributed by atoms with van der Waals surface area (Å²) in [6, 6.07) is 77.6. The van der Waals surface area contributed by atoms with Gasteiger partial charge in [-0.05, 0) is 120 Å². The smallest absolute Gasteiger partial charge is 0.0630 e. The van der Waals surface area contributed by atoms with Crippen molar-refractivity contribution >= 4 is 55.8 Å². The molecule has 12 rings (SSSR count). The number of benzene rings is 9. The third-order valence-corrected chi connectivity index (χ3v) is 13.0. The summed E-state index contributed by atoms with van der Waals surface area (Å²) in [5.74, 6) is 0.254. The highest BCUT2D eigenvalue weighted by molar-refractivity contribution is 5.98. The summed E-state index contributed by atoms with van der Waals surface area (Å²) in [7, 11) is 0. The molecule has 2 heteroatoms. The predicted molar refractivity (Wildman–Crippen MR) is 261 cm³/mol. The Bertz CT molecular complexity index is 3140. The lowest BCUT2D eigenvalue weighted by atomic mass is 9.78. The van der Waals surface area contributed by atoms with Crippen LogP contribution in [0.2, 0.25) is 0 Å². The van der Waals surface area contributed by atoms with Crippen molar-refractivity contribution in [3.05, 3.63) is 265 Å². The molecule has 0 N–H and O–H groups in total. The van der Waals surface area contributed by atoms with E-state index in [1.165, 1.54) is 82.9 Å². The van der Waals surface area contributed by atoms with Gasteiger partial charge < -0.3 is 9.80 Å². The summed E-state index contributed by atoms with van der Waals surface area (Å²) in [6.45, 7) is 0. The van der Waals surface area contributed by atoms with E-state index in [4.69, 9.17) is 0 Å². The first kappa shape index (κ1) is 36.0. The molecule has 2 atom stereocenters. The zero-order valence-corrected chi connectivity index (χ0v) is 34.1. The molecule has 2 heterocycles. The van der Waals surface area contributed by atoms with Crippen LogP contribution in [0, 0.1) is 0 Å². The van der Waals surface area contributed by atoms with Crippen molar-refractivity contribution < 1.29 is 0 Å². The third kappa shape index (κ3) is 6.11. The van der Waals surface area contributed by atoms with Crippen molar-refractivity contribution in [2.75, 3.05) is 4.90 Å². The maximum absolute atomic E-state index is 2.50. The molecule has 2 aliphatic heterocycles. The van der Waals surface area contributed by atoms with Gasteiger partial charge >= 0.3 is 0 Å². The number of nitrogens with zero attached hydrogens (tertiary/aromatic N) is 2. The van der Waals surface area contributed by atoms with E-state index in [1.807, 2.05) is 0 Å². The standard InChI is InChI=1S/C60H42N2/c1-2-15-47(16-3-1)59-57-39-31-48(40-61(57)58-38-30-44-14-6-9-21-56(44)60(58)59)41-24-32-49(33-25-41)62(50-34-26-45(27-35-50)54-22-10-17-42-12-4-7-19-52(42)54)51-36-28-46(29-37-51)55-23-11-18-43-13-5-8-20-53(43)55/h1-40,58,60H. The van der Waals surface area contributed by atoms with E-state index in [0.717, 1.165) is 17.1 Å². The quantitative estimate of drug-likeness (QED) is 0.159. The molecular weight excluding hydrogens is 749 g/mol. The van der Waals surface area contributed by atoms with Gasteiger partial charge in [0.25, 0.3) is 0 Å². The lowest BCUT2D eigenvalue weighted by Gasteiger charge is -2.32. The van der Waals surface area contributed by atoms with Crippen LogP contribution in [0.25, 0.3) is 61.0 Å². The van der Waals surface area contributed by atoms with Gasteiger partial charge in [0.15, 0.2) is 0 Å². The van der Waals surface area contributed by atoms with Gasteiger partial charge in [0.05, 0.1) is 6.04 Å². The normalized spacial score (nSPS) is 16.3. The molecule has 1 aliphatic carbocycles. The molecule has 0 amide bonds. The first-order valence-electron chi connectivity index (χ1n) is 21.6. The minimum absolute atomic E-state index is 0.207. The minimum Gasteiger partial charge on any atom is -0.339 e. The lowest BCUT2D eigenvalue weighted by molar-refractivity contribution is 0.415. The third-order valence-electron chi connectivity index (χ3n) is 13.0. The summed E-state index contributed by atoms with van der Waals surface area (Å²) < 4.78 is 0. The van der Waals surface area contributed by atoms with Crippen LogP contribution < -0.4 is 4.90 Å². The maximum Gasteiger partial charge on any atom is 0.0630 e. The molecule has 0 spiro atoms. The maximum atomic E-state index is 2.50. The summed E-state index contributed by atoms with van der Waals surface area (Å²) in [5, 5.41) is 5.02. The van der Waals surface area contributed by atoms with E-state index in [2.05, 4.69) is 253 Å². The summed E-state index contributed by atoms with van der Waals surface area (Å²) in [6.07, 6.45) is 11.7. The Hall–Kier alpha value is -7.94.